The number of carbonyl (C=O) groups is 2. The standard InChI is InChI=1S/C10H10O2.Zn/c1-7(11)9-5-3-4-6-10(9)8(2)12;/h3-6H,1-2H3;. The number of Topliss-reactive ketones (excluding diaryl/α,β-unsaturated/α-hetero) is 2. The zero-order valence-corrected chi connectivity index (χ0v) is 10.8. The molecule has 0 atom stereocenters. The molecule has 0 aromatic heterocycles. The molecule has 0 spiro atoms. The molecule has 1 aromatic carbocycles. The van der Waals surface area contributed by atoms with Crippen LogP contribution in [0.3, 0.4) is 0 Å². The topological polar surface area (TPSA) is 34.1 Å². The summed E-state index contributed by atoms with van der Waals surface area (Å²) >= 11 is 0. The van der Waals surface area contributed by atoms with Crippen molar-refractivity contribution in [3.63, 3.8) is 0 Å². The van der Waals surface area contributed by atoms with Gasteiger partial charge in [-0.25, -0.2) is 0 Å². The van der Waals surface area contributed by atoms with Crippen LogP contribution in [0.25, 0.3) is 0 Å². The molecule has 1 rings (SSSR count). The number of benzene rings is 1. The van der Waals surface area contributed by atoms with Crippen molar-refractivity contribution < 1.29 is 29.1 Å². The summed E-state index contributed by atoms with van der Waals surface area (Å²) in [6.07, 6.45) is 0. The van der Waals surface area contributed by atoms with Gasteiger partial charge in [-0.15, -0.1) is 0 Å². The van der Waals surface area contributed by atoms with Crippen LogP contribution in [0.1, 0.15) is 34.6 Å². The van der Waals surface area contributed by atoms with Gasteiger partial charge in [0.1, 0.15) is 0 Å². The van der Waals surface area contributed by atoms with Crippen molar-refractivity contribution in [2.45, 2.75) is 13.8 Å². The van der Waals surface area contributed by atoms with Crippen LogP contribution in [-0.2, 0) is 19.5 Å². The van der Waals surface area contributed by atoms with Crippen LogP contribution in [0.15, 0.2) is 24.3 Å². The Labute approximate surface area is 90.1 Å². The Balaban J connectivity index is 0.00000144. The minimum atomic E-state index is -0.0687. The van der Waals surface area contributed by atoms with Crippen LogP contribution in [0, 0.1) is 0 Å². The summed E-state index contributed by atoms with van der Waals surface area (Å²) in [5.74, 6) is -0.137. The first-order valence-electron chi connectivity index (χ1n) is 3.74. The van der Waals surface area contributed by atoms with Gasteiger partial charge in [0.25, 0.3) is 0 Å². The molecule has 1 aromatic rings. The van der Waals surface area contributed by atoms with E-state index in [2.05, 4.69) is 0 Å². The molecule has 3 heteroatoms. The first-order valence-corrected chi connectivity index (χ1v) is 3.74. The van der Waals surface area contributed by atoms with E-state index >= 15 is 0 Å². The molecule has 64 valence electrons. The average Bonchev–Trinajstić information content (AvgIpc) is 2.04. The molecule has 0 aliphatic rings. The molecule has 13 heavy (non-hydrogen) atoms. The average molecular weight is 228 g/mol. The second-order valence-electron chi connectivity index (χ2n) is 2.66. The number of hydrogen-bond donors (Lipinski definition) is 0. The van der Waals surface area contributed by atoms with Crippen LogP contribution in [-0.4, -0.2) is 11.6 Å². The SMILES string of the molecule is CC(=O)c1ccccc1C(C)=O.[Zn]. The van der Waals surface area contributed by atoms with Gasteiger partial charge in [0.05, 0.1) is 0 Å². The number of hydrogen-bond acceptors (Lipinski definition) is 2. The predicted octanol–water partition coefficient (Wildman–Crippen LogP) is 2.09. The third-order valence-electron chi connectivity index (χ3n) is 1.69. The number of ketones is 2. The molecule has 0 heterocycles. The molecule has 0 aliphatic heterocycles. The van der Waals surface area contributed by atoms with Crippen molar-refractivity contribution in [3.05, 3.63) is 35.4 Å². The molecule has 0 radical (unpaired) electrons. The van der Waals surface area contributed by atoms with Gasteiger partial charge in [-0.2, -0.15) is 0 Å². The fraction of sp³-hybridized carbons (Fsp3) is 0.200. The zero-order valence-electron chi connectivity index (χ0n) is 7.83. The van der Waals surface area contributed by atoms with Crippen LogP contribution in [0.4, 0.5) is 0 Å². The Kier molecular flexibility index (Phi) is 4.71. The normalized spacial score (nSPS) is 8.77. The van der Waals surface area contributed by atoms with E-state index in [9.17, 15) is 9.59 Å². The van der Waals surface area contributed by atoms with Gasteiger partial charge in [-0.1, -0.05) is 24.3 Å². The maximum Gasteiger partial charge on any atom is 0.160 e. The van der Waals surface area contributed by atoms with Crippen molar-refractivity contribution in [1.29, 1.82) is 0 Å². The van der Waals surface area contributed by atoms with Crippen molar-refractivity contribution in [3.8, 4) is 0 Å². The van der Waals surface area contributed by atoms with Gasteiger partial charge >= 0.3 is 0 Å². The third-order valence-corrected chi connectivity index (χ3v) is 1.69. The van der Waals surface area contributed by atoms with Gasteiger partial charge in [-0.3, -0.25) is 9.59 Å². The molecule has 0 amide bonds. The Bertz CT molecular complexity index is 298. The fourth-order valence-corrected chi connectivity index (χ4v) is 1.10. The summed E-state index contributed by atoms with van der Waals surface area (Å²) in [5.41, 5.74) is 1.01. The van der Waals surface area contributed by atoms with Crippen molar-refractivity contribution in [2.75, 3.05) is 0 Å². The zero-order chi connectivity index (χ0) is 9.14. The second-order valence-corrected chi connectivity index (χ2v) is 2.66. The van der Waals surface area contributed by atoms with Crippen LogP contribution >= 0.6 is 0 Å². The molecular weight excluding hydrogens is 217 g/mol. The van der Waals surface area contributed by atoms with Gasteiger partial charge in [0.15, 0.2) is 11.6 Å². The number of carbonyl (C=O) groups excluding carboxylic acids is 2. The summed E-state index contributed by atoms with van der Waals surface area (Å²) in [6.45, 7) is 2.92. The van der Waals surface area contributed by atoms with E-state index in [1.54, 1.807) is 24.3 Å². The monoisotopic (exact) mass is 226 g/mol. The Hall–Kier alpha value is -0.817. The first kappa shape index (κ1) is 12.2. The largest absolute Gasteiger partial charge is 0.294 e. The Morgan fingerprint density at radius 3 is 1.46 bits per heavy atom. The minimum Gasteiger partial charge on any atom is -0.294 e. The Morgan fingerprint density at radius 1 is 0.923 bits per heavy atom. The van der Waals surface area contributed by atoms with Crippen molar-refractivity contribution in [2.24, 2.45) is 0 Å². The summed E-state index contributed by atoms with van der Waals surface area (Å²) in [6, 6.07) is 6.84. The summed E-state index contributed by atoms with van der Waals surface area (Å²) in [5, 5.41) is 0. The first-order chi connectivity index (χ1) is 5.63. The molecule has 0 unspecified atom stereocenters. The third kappa shape index (κ3) is 2.85. The van der Waals surface area contributed by atoms with E-state index in [0.717, 1.165) is 0 Å². The van der Waals surface area contributed by atoms with E-state index in [0.29, 0.717) is 11.1 Å². The van der Waals surface area contributed by atoms with Gasteiger partial charge in [0.2, 0.25) is 0 Å². The molecule has 0 saturated carbocycles. The smallest absolute Gasteiger partial charge is 0.160 e. The fourth-order valence-electron chi connectivity index (χ4n) is 1.10. The quantitative estimate of drug-likeness (QED) is 0.573. The second kappa shape index (κ2) is 5.03. The van der Waals surface area contributed by atoms with Crippen molar-refractivity contribution in [1.82, 2.24) is 0 Å². The van der Waals surface area contributed by atoms with Gasteiger partial charge < -0.3 is 0 Å². The summed E-state index contributed by atoms with van der Waals surface area (Å²) in [4.78, 5) is 22.0. The summed E-state index contributed by atoms with van der Waals surface area (Å²) in [7, 11) is 0. The van der Waals surface area contributed by atoms with E-state index in [-0.39, 0.29) is 31.0 Å². The predicted molar refractivity (Wildman–Crippen MR) is 46.5 cm³/mol. The molecule has 0 bridgehead atoms. The van der Waals surface area contributed by atoms with E-state index in [1.165, 1.54) is 13.8 Å². The summed E-state index contributed by atoms with van der Waals surface area (Å²) < 4.78 is 0. The van der Waals surface area contributed by atoms with Crippen LogP contribution < -0.4 is 0 Å². The molecule has 0 saturated heterocycles. The number of rotatable bonds is 2. The molecule has 0 N–H and O–H groups in total. The maximum atomic E-state index is 11.0. The minimum absolute atomic E-state index is 0. The Morgan fingerprint density at radius 2 is 1.23 bits per heavy atom. The van der Waals surface area contributed by atoms with E-state index in [1.807, 2.05) is 0 Å². The van der Waals surface area contributed by atoms with Crippen LogP contribution in [0.2, 0.25) is 0 Å². The maximum absolute atomic E-state index is 11.0. The van der Waals surface area contributed by atoms with Crippen molar-refractivity contribution >= 4 is 11.6 Å². The van der Waals surface area contributed by atoms with Gasteiger partial charge in [-0.05, 0) is 13.8 Å². The molecule has 2 nitrogen and oxygen atoms in total. The molecule has 0 aliphatic carbocycles. The molecular formula is C10H10O2Zn. The van der Waals surface area contributed by atoms with Gasteiger partial charge in [0, 0.05) is 30.6 Å². The van der Waals surface area contributed by atoms with E-state index < -0.39 is 0 Å². The van der Waals surface area contributed by atoms with Crippen LogP contribution in [0.5, 0.6) is 0 Å². The molecule has 0 fully saturated rings. The van der Waals surface area contributed by atoms with E-state index in [4.69, 9.17) is 0 Å².